The number of thiazole rings is 1. The first-order valence-corrected chi connectivity index (χ1v) is 8.56. The molecule has 0 radical (unpaired) electrons. The normalized spacial score (nSPS) is 11.6. The van der Waals surface area contributed by atoms with E-state index in [0.717, 1.165) is 16.9 Å². The number of nitriles is 1. The highest BCUT2D eigenvalue weighted by atomic mass is 35.5. The molecule has 0 bridgehead atoms. The van der Waals surface area contributed by atoms with E-state index < -0.39 is 10.0 Å². The molecule has 21 heavy (non-hydrogen) atoms. The van der Waals surface area contributed by atoms with E-state index >= 15 is 0 Å². The molecule has 0 aliphatic heterocycles. The van der Waals surface area contributed by atoms with Gasteiger partial charge in [0.05, 0.1) is 17.3 Å². The average molecular weight is 342 g/mol. The van der Waals surface area contributed by atoms with Gasteiger partial charge in [-0.3, -0.25) is 0 Å². The number of rotatable bonds is 4. The Morgan fingerprint density at radius 2 is 2.00 bits per heavy atom. The molecule has 0 N–H and O–H groups in total. The Morgan fingerprint density at radius 1 is 1.38 bits per heavy atom. The predicted molar refractivity (Wildman–Crippen MR) is 81.7 cm³/mol. The van der Waals surface area contributed by atoms with E-state index in [1.807, 2.05) is 6.07 Å². The number of halogens is 1. The minimum absolute atomic E-state index is 0.156. The van der Waals surface area contributed by atoms with Crippen molar-refractivity contribution in [1.82, 2.24) is 9.29 Å². The van der Waals surface area contributed by atoms with E-state index in [0.29, 0.717) is 11.3 Å². The van der Waals surface area contributed by atoms with Crippen molar-refractivity contribution >= 4 is 33.0 Å². The molecule has 0 spiro atoms. The van der Waals surface area contributed by atoms with Gasteiger partial charge in [-0.2, -0.15) is 9.57 Å². The molecule has 2 aromatic rings. The summed E-state index contributed by atoms with van der Waals surface area (Å²) in [5, 5.41) is 8.75. The minimum Gasteiger partial charge on any atom is -0.229 e. The summed E-state index contributed by atoms with van der Waals surface area (Å²) in [6.45, 7) is 1.83. The molecule has 1 heterocycles. The lowest BCUT2D eigenvalue weighted by Crippen LogP contribution is -2.26. The summed E-state index contributed by atoms with van der Waals surface area (Å²) in [5.74, 6) is 0. The smallest absolute Gasteiger partial charge is 0.229 e. The molecule has 5 nitrogen and oxygen atoms in total. The van der Waals surface area contributed by atoms with E-state index in [1.54, 1.807) is 31.2 Å². The molecule has 0 saturated carbocycles. The molecule has 0 aliphatic carbocycles. The zero-order valence-corrected chi connectivity index (χ0v) is 13.8. The lowest BCUT2D eigenvalue weighted by molar-refractivity contribution is 0.468. The summed E-state index contributed by atoms with van der Waals surface area (Å²) in [4.78, 5) is 3.93. The van der Waals surface area contributed by atoms with Crippen LogP contribution >= 0.6 is 22.9 Å². The molecular formula is C13H12ClN3O2S2. The molecule has 1 aromatic heterocycles. The molecule has 0 atom stereocenters. The largest absolute Gasteiger partial charge is 0.254 e. The van der Waals surface area contributed by atoms with Crippen LogP contribution in [0.3, 0.4) is 0 Å². The highest BCUT2D eigenvalue weighted by Crippen LogP contribution is 2.29. The first-order chi connectivity index (χ1) is 9.84. The number of nitrogens with zero attached hydrogens (tertiary/aromatic N) is 3. The van der Waals surface area contributed by atoms with Gasteiger partial charge in [-0.15, -0.1) is 0 Å². The SMILES string of the molecule is Cc1nc(Cl)sc1S(=O)(=O)N(C)Cc1ccc(C#N)cc1. The molecule has 8 heteroatoms. The van der Waals surface area contributed by atoms with Crippen molar-refractivity contribution in [2.24, 2.45) is 0 Å². The second-order valence-corrected chi connectivity index (χ2v) is 8.23. The van der Waals surface area contributed by atoms with Gasteiger partial charge in [0.1, 0.15) is 0 Å². The fourth-order valence-electron chi connectivity index (χ4n) is 1.76. The van der Waals surface area contributed by atoms with Crippen LogP contribution in [0.4, 0.5) is 0 Å². The first-order valence-electron chi connectivity index (χ1n) is 5.93. The molecule has 0 aliphatic rings. The van der Waals surface area contributed by atoms with E-state index in [-0.39, 0.29) is 15.2 Å². The maximum atomic E-state index is 12.5. The van der Waals surface area contributed by atoms with Crippen LogP contribution < -0.4 is 0 Å². The number of aromatic nitrogens is 1. The number of hydrogen-bond donors (Lipinski definition) is 0. The van der Waals surface area contributed by atoms with Crippen LogP contribution in [-0.2, 0) is 16.6 Å². The summed E-state index contributed by atoms with van der Waals surface area (Å²) in [7, 11) is -2.12. The first kappa shape index (κ1) is 15.9. The summed E-state index contributed by atoms with van der Waals surface area (Å²) in [6, 6.07) is 8.80. The number of benzene rings is 1. The second-order valence-electron chi connectivity index (χ2n) is 4.41. The van der Waals surface area contributed by atoms with E-state index in [9.17, 15) is 8.42 Å². The van der Waals surface area contributed by atoms with Crippen molar-refractivity contribution in [3.63, 3.8) is 0 Å². The Morgan fingerprint density at radius 3 is 2.48 bits per heavy atom. The monoisotopic (exact) mass is 341 g/mol. The van der Waals surface area contributed by atoms with Crippen LogP contribution in [0.25, 0.3) is 0 Å². The van der Waals surface area contributed by atoms with Gasteiger partial charge in [-0.1, -0.05) is 35.1 Å². The zero-order valence-electron chi connectivity index (χ0n) is 11.4. The average Bonchev–Trinajstić information content (AvgIpc) is 2.79. The van der Waals surface area contributed by atoms with Crippen molar-refractivity contribution in [3.8, 4) is 6.07 Å². The second kappa shape index (κ2) is 6.12. The summed E-state index contributed by atoms with van der Waals surface area (Å²) in [5.41, 5.74) is 1.74. The number of aryl methyl sites for hydroxylation is 1. The number of sulfonamides is 1. The Balaban J connectivity index is 2.24. The zero-order chi connectivity index (χ0) is 15.6. The van der Waals surface area contributed by atoms with Gasteiger partial charge in [0, 0.05) is 13.6 Å². The Hall–Kier alpha value is -1.46. The predicted octanol–water partition coefficient (Wildman–Crippen LogP) is 2.80. The molecule has 1 aromatic carbocycles. The van der Waals surface area contributed by atoms with Gasteiger partial charge >= 0.3 is 0 Å². The van der Waals surface area contributed by atoms with Crippen molar-refractivity contribution < 1.29 is 8.42 Å². The van der Waals surface area contributed by atoms with Gasteiger partial charge in [-0.25, -0.2) is 13.4 Å². The van der Waals surface area contributed by atoms with Crippen molar-refractivity contribution in [3.05, 3.63) is 45.6 Å². The molecule has 0 unspecified atom stereocenters. The van der Waals surface area contributed by atoms with E-state index in [4.69, 9.17) is 16.9 Å². The van der Waals surface area contributed by atoms with Gasteiger partial charge in [0.25, 0.3) is 10.0 Å². The van der Waals surface area contributed by atoms with Crippen molar-refractivity contribution in [2.45, 2.75) is 17.7 Å². The molecule has 2 rings (SSSR count). The molecule has 0 amide bonds. The fourth-order valence-corrected chi connectivity index (χ4v) is 4.84. The molecule has 0 fully saturated rings. The fraction of sp³-hybridized carbons (Fsp3) is 0.231. The van der Waals surface area contributed by atoms with Gasteiger partial charge < -0.3 is 0 Å². The van der Waals surface area contributed by atoms with Crippen LogP contribution in [-0.4, -0.2) is 24.8 Å². The number of hydrogen-bond acceptors (Lipinski definition) is 5. The third kappa shape index (κ3) is 3.41. The van der Waals surface area contributed by atoms with Crippen LogP contribution in [0.2, 0.25) is 4.47 Å². The Bertz CT molecular complexity index is 792. The minimum atomic E-state index is -3.62. The maximum Gasteiger partial charge on any atom is 0.254 e. The lowest BCUT2D eigenvalue weighted by atomic mass is 10.1. The highest BCUT2D eigenvalue weighted by Gasteiger charge is 2.26. The third-order valence-electron chi connectivity index (χ3n) is 2.86. The van der Waals surface area contributed by atoms with Crippen LogP contribution in [0.1, 0.15) is 16.8 Å². The third-order valence-corrected chi connectivity index (χ3v) is 6.51. The Labute approximate surface area is 132 Å². The van der Waals surface area contributed by atoms with Crippen molar-refractivity contribution in [1.29, 1.82) is 5.26 Å². The van der Waals surface area contributed by atoms with E-state index in [1.165, 1.54) is 11.4 Å². The van der Waals surface area contributed by atoms with Crippen LogP contribution in [0.15, 0.2) is 28.5 Å². The van der Waals surface area contributed by atoms with Crippen LogP contribution in [0, 0.1) is 18.3 Å². The summed E-state index contributed by atoms with van der Waals surface area (Å²) >= 11 is 6.71. The summed E-state index contributed by atoms with van der Waals surface area (Å²) in [6.07, 6.45) is 0. The summed E-state index contributed by atoms with van der Waals surface area (Å²) < 4.78 is 26.6. The maximum absolute atomic E-state index is 12.5. The molecular weight excluding hydrogens is 330 g/mol. The van der Waals surface area contributed by atoms with Crippen LogP contribution in [0.5, 0.6) is 0 Å². The topological polar surface area (TPSA) is 74.1 Å². The molecule has 0 saturated heterocycles. The van der Waals surface area contributed by atoms with Gasteiger partial charge in [-0.05, 0) is 24.6 Å². The van der Waals surface area contributed by atoms with Crippen molar-refractivity contribution in [2.75, 3.05) is 7.05 Å². The standard InChI is InChI=1S/C13H12ClN3O2S2/c1-9-12(20-13(14)16-9)21(18,19)17(2)8-11-5-3-10(7-15)4-6-11/h3-6H,8H2,1-2H3. The van der Waals surface area contributed by atoms with E-state index in [2.05, 4.69) is 4.98 Å². The Kier molecular flexibility index (Phi) is 4.64. The highest BCUT2D eigenvalue weighted by molar-refractivity contribution is 7.91. The van der Waals surface area contributed by atoms with Gasteiger partial charge in [0.2, 0.25) is 0 Å². The quantitative estimate of drug-likeness (QED) is 0.857. The van der Waals surface area contributed by atoms with Gasteiger partial charge in [0.15, 0.2) is 8.68 Å². The lowest BCUT2D eigenvalue weighted by Gasteiger charge is -2.16. The molecule has 110 valence electrons.